The fourth-order valence-electron chi connectivity index (χ4n) is 10.2. The molecule has 3 aromatic rings. The van der Waals surface area contributed by atoms with E-state index in [0.29, 0.717) is 30.2 Å². The zero-order valence-corrected chi connectivity index (χ0v) is 28.6. The first-order valence-electron chi connectivity index (χ1n) is 17.4. The van der Waals surface area contributed by atoms with Gasteiger partial charge in [-0.1, -0.05) is 111 Å². The van der Waals surface area contributed by atoms with Crippen molar-refractivity contribution >= 4 is 23.3 Å². The Balaban J connectivity index is 1.11. The lowest BCUT2D eigenvalue weighted by Crippen LogP contribution is -2.63. The third-order valence-electron chi connectivity index (χ3n) is 12.2. The fourth-order valence-corrected chi connectivity index (χ4v) is 10.9. The number of thioether (sulfide) groups is 1. The number of hydrogen-bond donors (Lipinski definition) is 1. The molecule has 9 atom stereocenters. The minimum atomic E-state index is -1.18. The topological polar surface area (TPSA) is 98.9 Å². The first-order valence-corrected chi connectivity index (χ1v) is 18.4. The highest BCUT2D eigenvalue weighted by Crippen LogP contribution is 2.70. The third-order valence-corrected chi connectivity index (χ3v) is 13.1. The summed E-state index contributed by atoms with van der Waals surface area (Å²) in [5, 5.41) is 12.5. The van der Waals surface area contributed by atoms with E-state index in [9.17, 15) is 14.7 Å². The van der Waals surface area contributed by atoms with Gasteiger partial charge in [-0.25, -0.2) is 4.98 Å². The van der Waals surface area contributed by atoms with Crippen molar-refractivity contribution in [2.75, 3.05) is 5.75 Å². The first kappa shape index (κ1) is 31.9. The van der Waals surface area contributed by atoms with Crippen LogP contribution < -0.4 is 0 Å². The number of fused-ring (bicyclic) bond motifs is 7. The summed E-state index contributed by atoms with van der Waals surface area (Å²) in [5.74, 6) is 1.05. The predicted molar refractivity (Wildman–Crippen MR) is 184 cm³/mol. The maximum absolute atomic E-state index is 14.8. The zero-order chi connectivity index (χ0) is 33.3. The largest absolute Gasteiger partial charge is 0.431 e. The molecule has 7 nitrogen and oxygen atoms in total. The molecule has 1 aromatic heterocycles. The molecule has 4 fully saturated rings. The lowest BCUT2D eigenvalue weighted by atomic mass is 9.46. The third kappa shape index (κ3) is 4.77. The normalized spacial score (nSPS) is 36.6. The van der Waals surface area contributed by atoms with Crippen molar-refractivity contribution < 1.29 is 28.6 Å². The minimum Gasteiger partial charge on any atom is -0.431 e. The summed E-state index contributed by atoms with van der Waals surface area (Å²) < 4.78 is 19.9. The predicted octanol–water partition coefficient (Wildman–Crippen LogP) is 7.84. The molecule has 5 unspecified atom stereocenters. The number of allylic oxidation sites excluding steroid dienone is 4. The number of ketones is 2. The van der Waals surface area contributed by atoms with Gasteiger partial charge in [-0.3, -0.25) is 9.59 Å². The Morgan fingerprint density at radius 1 is 1.06 bits per heavy atom. The molecule has 250 valence electrons. The Hall–Kier alpha value is -3.30. The van der Waals surface area contributed by atoms with E-state index in [-0.39, 0.29) is 46.6 Å². The van der Waals surface area contributed by atoms with Crippen LogP contribution in [0.2, 0.25) is 0 Å². The summed E-state index contributed by atoms with van der Waals surface area (Å²) in [6.45, 7) is 6.43. The maximum Gasteiger partial charge on any atom is 0.257 e. The molecule has 0 amide bonds. The van der Waals surface area contributed by atoms with Crippen LogP contribution in [0.1, 0.15) is 59.3 Å². The second-order valence-electron chi connectivity index (χ2n) is 14.7. The van der Waals surface area contributed by atoms with Crippen molar-refractivity contribution in [1.29, 1.82) is 0 Å². The van der Waals surface area contributed by atoms with Gasteiger partial charge in [0.1, 0.15) is 5.69 Å². The molecular weight excluding hydrogens is 623 g/mol. The van der Waals surface area contributed by atoms with Crippen molar-refractivity contribution in [1.82, 2.24) is 4.98 Å². The van der Waals surface area contributed by atoms with Crippen LogP contribution in [-0.2, 0) is 19.1 Å². The SMILES string of the molecule is CCC[C@H]1O[C@@H]2CC3C4CCC5=CC(=O)C=CC5(C)C4[C@@H](O)CC3(C)[C@]2(C(=O)CSc2nc(-c3ccccc3)c(-c3ccccc3)o2)O1. The van der Waals surface area contributed by atoms with E-state index in [4.69, 9.17) is 18.9 Å². The summed E-state index contributed by atoms with van der Waals surface area (Å²) >= 11 is 1.30. The highest BCUT2D eigenvalue weighted by atomic mass is 32.2. The molecule has 0 bridgehead atoms. The number of carbonyl (C=O) groups is 2. The molecule has 48 heavy (non-hydrogen) atoms. The number of Topliss-reactive ketones (excluding diaryl/α,β-unsaturated/α-hetero) is 1. The molecule has 2 aromatic carbocycles. The summed E-state index contributed by atoms with van der Waals surface area (Å²) in [4.78, 5) is 32.0. The molecule has 1 saturated heterocycles. The van der Waals surface area contributed by atoms with Gasteiger partial charge in [0.15, 0.2) is 29.2 Å². The Morgan fingerprint density at radius 3 is 2.52 bits per heavy atom. The highest BCUT2D eigenvalue weighted by Gasteiger charge is 2.75. The Bertz CT molecular complexity index is 1730. The van der Waals surface area contributed by atoms with Crippen LogP contribution in [0.25, 0.3) is 22.6 Å². The average molecular weight is 666 g/mol. The lowest BCUT2D eigenvalue weighted by molar-refractivity contribution is -0.197. The van der Waals surface area contributed by atoms with Crippen molar-refractivity contribution in [2.45, 2.75) is 88.6 Å². The Morgan fingerprint density at radius 2 is 1.79 bits per heavy atom. The smallest absolute Gasteiger partial charge is 0.257 e. The zero-order valence-electron chi connectivity index (χ0n) is 27.8. The van der Waals surface area contributed by atoms with E-state index in [1.807, 2.05) is 66.7 Å². The second kappa shape index (κ2) is 11.9. The van der Waals surface area contributed by atoms with E-state index in [1.54, 1.807) is 12.2 Å². The van der Waals surface area contributed by atoms with Crippen LogP contribution in [0.3, 0.4) is 0 Å². The molecule has 4 aliphatic carbocycles. The van der Waals surface area contributed by atoms with Gasteiger partial charge in [0.2, 0.25) is 0 Å². The Labute approximate surface area is 286 Å². The van der Waals surface area contributed by atoms with Crippen LogP contribution in [0.5, 0.6) is 0 Å². The second-order valence-corrected chi connectivity index (χ2v) is 15.7. The van der Waals surface area contributed by atoms with Gasteiger partial charge >= 0.3 is 0 Å². The number of nitrogens with zero attached hydrogens (tertiary/aromatic N) is 1. The van der Waals surface area contributed by atoms with Crippen molar-refractivity contribution in [2.24, 2.45) is 28.6 Å². The summed E-state index contributed by atoms with van der Waals surface area (Å²) in [7, 11) is 0. The van der Waals surface area contributed by atoms with Crippen LogP contribution in [-0.4, -0.2) is 51.5 Å². The molecule has 1 aliphatic heterocycles. The highest BCUT2D eigenvalue weighted by molar-refractivity contribution is 7.99. The fraction of sp³-hybridized carbons (Fsp3) is 0.475. The van der Waals surface area contributed by atoms with Crippen molar-refractivity contribution in [3.05, 3.63) is 84.5 Å². The monoisotopic (exact) mass is 665 g/mol. The standard InChI is InChI=1S/C40H43NO6S/c1-4-11-33-45-32-21-29-28-17-16-26-20-27(42)18-19-38(26,2)34(28)30(43)22-39(29,3)40(32,47-33)31(44)23-48-37-41-35(24-12-7-5-8-13-24)36(46-37)25-14-9-6-10-15-25/h5-10,12-15,18-20,28-30,32-34,43H,4,11,16-17,21-23H2,1-3H3/t28?,29?,30-,32+,33-,34?,38?,39?,40+/m0/s1. The van der Waals surface area contributed by atoms with Crippen molar-refractivity contribution in [3.63, 3.8) is 0 Å². The van der Waals surface area contributed by atoms with Gasteiger partial charge in [0, 0.05) is 27.9 Å². The number of aromatic nitrogens is 1. The molecular formula is C40H43NO6S. The molecule has 0 spiro atoms. The van der Waals surface area contributed by atoms with Gasteiger partial charge in [0.05, 0.1) is 18.0 Å². The van der Waals surface area contributed by atoms with E-state index in [1.165, 1.54) is 11.8 Å². The number of oxazole rings is 1. The quantitative estimate of drug-likeness (QED) is 0.243. The van der Waals surface area contributed by atoms with E-state index >= 15 is 0 Å². The summed E-state index contributed by atoms with van der Waals surface area (Å²) in [5.41, 5.74) is 1.54. The average Bonchev–Trinajstić information content (AvgIpc) is 3.75. The number of hydrogen-bond acceptors (Lipinski definition) is 8. The molecule has 3 saturated carbocycles. The van der Waals surface area contributed by atoms with Gasteiger partial charge in [-0.15, -0.1) is 0 Å². The minimum absolute atomic E-state index is 0.0232. The number of aliphatic hydroxyl groups is 1. The summed E-state index contributed by atoms with van der Waals surface area (Å²) in [6, 6.07) is 19.9. The summed E-state index contributed by atoms with van der Waals surface area (Å²) in [6.07, 6.45) is 8.39. The van der Waals surface area contributed by atoms with E-state index in [0.717, 1.165) is 41.7 Å². The van der Waals surface area contributed by atoms with E-state index < -0.39 is 23.4 Å². The number of benzene rings is 2. The number of aliphatic hydroxyl groups excluding tert-OH is 1. The number of carbonyl (C=O) groups excluding carboxylic acids is 2. The van der Waals surface area contributed by atoms with Gasteiger partial charge in [0.25, 0.3) is 5.22 Å². The number of rotatable bonds is 8. The molecule has 5 aliphatic rings. The van der Waals surface area contributed by atoms with E-state index in [2.05, 4.69) is 20.8 Å². The molecule has 1 N–H and O–H groups in total. The first-order chi connectivity index (χ1) is 23.2. The van der Waals surface area contributed by atoms with Gasteiger partial charge in [-0.05, 0) is 56.1 Å². The molecule has 0 radical (unpaired) electrons. The van der Waals surface area contributed by atoms with Gasteiger partial charge < -0.3 is 19.0 Å². The lowest BCUT2D eigenvalue weighted by Gasteiger charge is -2.59. The van der Waals surface area contributed by atoms with Gasteiger partial charge in [-0.2, -0.15) is 0 Å². The van der Waals surface area contributed by atoms with Crippen LogP contribution >= 0.6 is 11.8 Å². The van der Waals surface area contributed by atoms with Crippen LogP contribution in [0.4, 0.5) is 0 Å². The van der Waals surface area contributed by atoms with Crippen LogP contribution in [0, 0.1) is 28.6 Å². The number of ether oxygens (including phenoxy) is 2. The molecule has 2 heterocycles. The molecule has 8 rings (SSSR count). The Kier molecular flexibility index (Phi) is 7.94. The molecule has 8 heteroatoms. The van der Waals surface area contributed by atoms with Crippen molar-refractivity contribution in [3.8, 4) is 22.6 Å². The van der Waals surface area contributed by atoms with Crippen LogP contribution in [0.15, 0.2) is 94.1 Å². The maximum atomic E-state index is 14.8.